The quantitative estimate of drug-likeness (QED) is 0.776. The van der Waals surface area contributed by atoms with E-state index in [0.717, 1.165) is 0 Å². The molecule has 92 valence electrons. The number of hydrogen-bond donors (Lipinski definition) is 2. The Morgan fingerprint density at radius 3 is 2.44 bits per heavy atom. The lowest BCUT2D eigenvalue weighted by atomic mass is 9.96. The van der Waals surface area contributed by atoms with Gasteiger partial charge in [-0.2, -0.15) is 13.2 Å². The number of carboxylic acids is 1. The van der Waals surface area contributed by atoms with Gasteiger partial charge in [-0.15, -0.1) is 0 Å². The zero-order valence-corrected chi connectivity index (χ0v) is 8.38. The number of amides is 1. The van der Waals surface area contributed by atoms with Crippen LogP contribution in [-0.4, -0.2) is 29.7 Å². The highest BCUT2D eigenvalue weighted by atomic mass is 19.4. The van der Waals surface area contributed by atoms with E-state index in [1.165, 1.54) is 0 Å². The number of aliphatic carboxylic acids is 1. The summed E-state index contributed by atoms with van der Waals surface area (Å²) in [4.78, 5) is 21.2. The largest absolute Gasteiger partial charge is 0.481 e. The number of hydrogen-bond acceptors (Lipinski definition) is 2. The van der Waals surface area contributed by atoms with E-state index in [0.29, 0.717) is 19.3 Å². The summed E-state index contributed by atoms with van der Waals surface area (Å²) in [6.45, 7) is -0.227. The fourth-order valence-electron chi connectivity index (χ4n) is 1.93. The van der Waals surface area contributed by atoms with Gasteiger partial charge in [0.15, 0.2) is 0 Å². The van der Waals surface area contributed by atoms with E-state index >= 15 is 0 Å². The number of alkyl halides is 3. The summed E-state index contributed by atoms with van der Waals surface area (Å²) in [5.41, 5.74) is 0. The monoisotopic (exact) mass is 239 g/mol. The highest BCUT2D eigenvalue weighted by Gasteiger charge is 2.40. The molecule has 0 aliphatic heterocycles. The van der Waals surface area contributed by atoms with Gasteiger partial charge in [0.25, 0.3) is 0 Å². The van der Waals surface area contributed by atoms with Crippen molar-refractivity contribution in [3.05, 3.63) is 0 Å². The van der Waals surface area contributed by atoms with Crippen LogP contribution in [0.5, 0.6) is 0 Å². The van der Waals surface area contributed by atoms with Gasteiger partial charge < -0.3 is 10.4 Å². The molecular formula is C9H12F3NO3. The number of carboxylic acid groups (broad SMARTS) is 1. The van der Waals surface area contributed by atoms with E-state index in [1.54, 1.807) is 5.32 Å². The number of carbonyl (C=O) groups is 2. The Hall–Kier alpha value is -1.27. The average Bonchev–Trinajstić information content (AvgIpc) is 2.60. The minimum atomic E-state index is -4.91. The molecular weight excluding hydrogens is 227 g/mol. The maximum absolute atomic E-state index is 11.9. The summed E-state index contributed by atoms with van der Waals surface area (Å²) in [6.07, 6.45) is -3.24. The molecule has 1 aliphatic rings. The molecule has 0 saturated heterocycles. The summed E-state index contributed by atoms with van der Waals surface area (Å²) < 4.78 is 35.6. The fraction of sp³-hybridized carbons (Fsp3) is 0.778. The molecule has 2 N–H and O–H groups in total. The van der Waals surface area contributed by atoms with E-state index in [9.17, 15) is 22.8 Å². The third kappa shape index (κ3) is 3.11. The highest BCUT2D eigenvalue weighted by Crippen LogP contribution is 2.31. The predicted molar refractivity (Wildman–Crippen MR) is 47.5 cm³/mol. The van der Waals surface area contributed by atoms with Crippen LogP contribution in [0.25, 0.3) is 0 Å². The first-order valence-corrected chi connectivity index (χ1v) is 4.90. The molecule has 0 aromatic heterocycles. The van der Waals surface area contributed by atoms with Gasteiger partial charge in [0.05, 0.1) is 5.92 Å². The van der Waals surface area contributed by atoms with E-state index < -0.39 is 29.9 Å². The lowest BCUT2D eigenvalue weighted by molar-refractivity contribution is -0.173. The molecule has 2 unspecified atom stereocenters. The van der Waals surface area contributed by atoms with E-state index in [-0.39, 0.29) is 6.54 Å². The first-order valence-electron chi connectivity index (χ1n) is 4.90. The molecule has 0 heterocycles. The summed E-state index contributed by atoms with van der Waals surface area (Å²) in [5, 5.41) is 10.5. The Morgan fingerprint density at radius 1 is 1.31 bits per heavy atom. The van der Waals surface area contributed by atoms with Crippen LogP contribution < -0.4 is 5.32 Å². The molecule has 0 spiro atoms. The van der Waals surface area contributed by atoms with Crippen molar-refractivity contribution in [2.24, 2.45) is 11.8 Å². The normalized spacial score (nSPS) is 25.4. The lowest BCUT2D eigenvalue weighted by Crippen LogP contribution is -2.40. The minimum Gasteiger partial charge on any atom is -0.481 e. The van der Waals surface area contributed by atoms with Crippen molar-refractivity contribution >= 4 is 11.9 Å². The van der Waals surface area contributed by atoms with Gasteiger partial charge in [-0.3, -0.25) is 9.59 Å². The second kappa shape index (κ2) is 4.71. The second-order valence-electron chi connectivity index (χ2n) is 3.84. The van der Waals surface area contributed by atoms with Crippen LogP contribution in [0.15, 0.2) is 0 Å². The van der Waals surface area contributed by atoms with E-state index in [1.807, 2.05) is 0 Å². The Kier molecular flexibility index (Phi) is 3.77. The fourth-order valence-corrected chi connectivity index (χ4v) is 1.93. The molecule has 16 heavy (non-hydrogen) atoms. The molecule has 1 rings (SSSR count). The van der Waals surface area contributed by atoms with E-state index in [2.05, 4.69) is 0 Å². The molecule has 0 radical (unpaired) electrons. The Bertz CT molecular complexity index is 290. The van der Waals surface area contributed by atoms with Crippen LogP contribution in [0.3, 0.4) is 0 Å². The van der Waals surface area contributed by atoms with Gasteiger partial charge >= 0.3 is 18.1 Å². The first kappa shape index (κ1) is 12.8. The van der Waals surface area contributed by atoms with Gasteiger partial charge in [0, 0.05) is 6.54 Å². The van der Waals surface area contributed by atoms with Crippen molar-refractivity contribution in [3.8, 4) is 0 Å². The van der Waals surface area contributed by atoms with Gasteiger partial charge in [0.1, 0.15) is 0 Å². The third-order valence-corrected chi connectivity index (χ3v) is 2.76. The molecule has 1 aliphatic carbocycles. The molecule has 1 fully saturated rings. The van der Waals surface area contributed by atoms with Gasteiger partial charge in [-0.1, -0.05) is 6.42 Å². The minimum absolute atomic E-state index is 0.227. The van der Waals surface area contributed by atoms with Crippen molar-refractivity contribution in [1.82, 2.24) is 5.32 Å². The lowest BCUT2D eigenvalue weighted by Gasteiger charge is -2.16. The van der Waals surface area contributed by atoms with Crippen LogP contribution >= 0.6 is 0 Å². The summed E-state index contributed by atoms with van der Waals surface area (Å²) in [6, 6.07) is 0. The average molecular weight is 239 g/mol. The van der Waals surface area contributed by atoms with Crippen molar-refractivity contribution < 1.29 is 27.9 Å². The zero-order chi connectivity index (χ0) is 12.3. The van der Waals surface area contributed by atoms with Crippen LogP contribution in [0.2, 0.25) is 0 Å². The SMILES string of the molecule is O=C(O)C1CCCC1CNC(=O)C(F)(F)F. The topological polar surface area (TPSA) is 66.4 Å². The van der Waals surface area contributed by atoms with E-state index in [4.69, 9.17) is 5.11 Å². The Balaban J connectivity index is 2.43. The first-order chi connectivity index (χ1) is 7.32. The maximum atomic E-state index is 11.9. The number of rotatable bonds is 3. The summed E-state index contributed by atoms with van der Waals surface area (Å²) >= 11 is 0. The van der Waals surface area contributed by atoms with Crippen LogP contribution in [-0.2, 0) is 9.59 Å². The van der Waals surface area contributed by atoms with Crippen LogP contribution in [0.1, 0.15) is 19.3 Å². The Morgan fingerprint density at radius 2 is 1.94 bits per heavy atom. The van der Waals surface area contributed by atoms with Crippen LogP contribution in [0, 0.1) is 11.8 Å². The molecule has 0 bridgehead atoms. The van der Waals surface area contributed by atoms with Crippen LogP contribution in [0.4, 0.5) is 13.2 Å². The molecule has 1 amide bonds. The standard InChI is InChI=1S/C9H12F3NO3/c10-9(11,12)8(16)13-4-5-2-1-3-6(5)7(14)15/h5-6H,1-4H2,(H,13,16)(H,14,15). The van der Waals surface area contributed by atoms with Gasteiger partial charge in [-0.25, -0.2) is 0 Å². The molecule has 4 nitrogen and oxygen atoms in total. The number of nitrogens with one attached hydrogen (secondary N) is 1. The zero-order valence-electron chi connectivity index (χ0n) is 8.38. The van der Waals surface area contributed by atoms with Gasteiger partial charge in [-0.05, 0) is 18.8 Å². The van der Waals surface area contributed by atoms with Crippen molar-refractivity contribution in [1.29, 1.82) is 0 Å². The van der Waals surface area contributed by atoms with Crippen molar-refractivity contribution in [2.75, 3.05) is 6.54 Å². The molecule has 2 atom stereocenters. The van der Waals surface area contributed by atoms with Crippen molar-refractivity contribution in [2.45, 2.75) is 25.4 Å². The number of halogens is 3. The predicted octanol–water partition coefficient (Wildman–Crippen LogP) is 1.17. The Labute approximate surface area is 89.8 Å². The highest BCUT2D eigenvalue weighted by molar-refractivity contribution is 5.81. The van der Waals surface area contributed by atoms with Gasteiger partial charge in [0.2, 0.25) is 0 Å². The van der Waals surface area contributed by atoms with Crippen molar-refractivity contribution in [3.63, 3.8) is 0 Å². The second-order valence-corrected chi connectivity index (χ2v) is 3.84. The number of carbonyl (C=O) groups excluding carboxylic acids is 1. The molecule has 7 heteroatoms. The smallest absolute Gasteiger partial charge is 0.471 e. The maximum Gasteiger partial charge on any atom is 0.471 e. The summed E-state index contributed by atoms with van der Waals surface area (Å²) in [7, 11) is 0. The third-order valence-electron chi connectivity index (χ3n) is 2.76. The molecule has 0 aromatic carbocycles. The summed E-state index contributed by atoms with van der Waals surface area (Å²) in [5.74, 6) is -4.07. The molecule has 1 saturated carbocycles. The molecule has 0 aromatic rings.